The number of carbonyl (C=O) groups excluding carboxylic acids is 4. The summed E-state index contributed by atoms with van der Waals surface area (Å²) in [5, 5.41) is 31.9. The molecule has 268 valence electrons. The number of esters is 1. The van der Waals surface area contributed by atoms with Gasteiger partial charge in [-0.3, -0.25) is 34.7 Å². The number of fused-ring (bicyclic) bond motifs is 1. The number of carbonyl (C=O) groups is 4. The molecule has 50 heavy (non-hydrogen) atoms. The molecule has 5 rings (SSSR count). The standard InChI is InChI=1S/C32H35N5O11S.CH4/c1-17-26-25(18(2)38)30(40)35(26)27(31(41)47-15-19-5-9-21(10-6-19)36(43)44)28(17)49-23-13-24(29(39)33(3)4)34(14-23)32(42)48-16-20-7-11-22(12-8-20)37(45)46;/h5-12,17-18,23-26,38H,13-16H2,1-4H3;1H4/t17-,18-,23+,24+,25-,26-;/m1./s1. The lowest BCUT2D eigenvalue weighted by atomic mass is 9.79. The Morgan fingerprint density at radius 2 is 1.50 bits per heavy atom. The fourth-order valence-electron chi connectivity index (χ4n) is 6.34. The van der Waals surface area contributed by atoms with Gasteiger partial charge >= 0.3 is 12.1 Å². The summed E-state index contributed by atoms with van der Waals surface area (Å²) in [4.78, 5) is 78.8. The summed E-state index contributed by atoms with van der Waals surface area (Å²) in [6.45, 7) is 3.04. The number of likely N-dealkylation sites (tertiary alicyclic amines) is 1. The lowest BCUT2D eigenvalue weighted by molar-refractivity contribution is -0.385. The molecule has 0 unspecified atom stereocenters. The molecule has 3 aliphatic rings. The fraction of sp³-hybridized carbons (Fsp3) is 0.455. The number of β-lactam (4-membered cyclic amide) rings is 1. The average molecular weight is 714 g/mol. The molecule has 1 N–H and O–H groups in total. The lowest BCUT2D eigenvalue weighted by Crippen LogP contribution is -2.63. The molecule has 0 aromatic heterocycles. The van der Waals surface area contributed by atoms with E-state index in [0.29, 0.717) is 16.0 Å². The molecule has 3 aliphatic heterocycles. The number of benzene rings is 2. The summed E-state index contributed by atoms with van der Waals surface area (Å²) in [7, 11) is 3.13. The molecule has 3 heterocycles. The predicted molar refractivity (Wildman–Crippen MR) is 180 cm³/mol. The summed E-state index contributed by atoms with van der Waals surface area (Å²) in [5.41, 5.74) is 0.814. The SMILES string of the molecule is C.C[C@@H](O)[C@H]1C(=O)N2C(C(=O)OCc3ccc([N+](=O)[O-])cc3)=C(S[C@H]3C[C@@H](C(=O)N(C)C)N(C(=O)OCc4ccc([N+](=O)[O-])cc4)C3)[C@H](C)[C@H]12. The molecule has 6 atom stereocenters. The van der Waals surface area contributed by atoms with Gasteiger partial charge in [0, 0.05) is 61.0 Å². The van der Waals surface area contributed by atoms with Gasteiger partial charge in [-0.05, 0) is 48.7 Å². The van der Waals surface area contributed by atoms with Crippen molar-refractivity contribution in [2.45, 2.75) is 64.3 Å². The van der Waals surface area contributed by atoms with E-state index in [1.54, 1.807) is 14.1 Å². The van der Waals surface area contributed by atoms with Crippen molar-refractivity contribution in [1.29, 1.82) is 0 Å². The molecule has 0 bridgehead atoms. The fourth-order valence-corrected chi connectivity index (χ4v) is 7.86. The molecule has 2 saturated heterocycles. The molecule has 2 fully saturated rings. The Balaban J connectivity index is 0.00000562. The average Bonchev–Trinajstić information content (AvgIpc) is 3.59. The molecule has 0 saturated carbocycles. The number of nitro groups is 2. The molecular formula is C33H39N5O11S. The highest BCUT2D eigenvalue weighted by molar-refractivity contribution is 8.03. The molecule has 2 aromatic carbocycles. The third-order valence-corrected chi connectivity index (χ3v) is 10.3. The molecule has 3 amide bonds. The third kappa shape index (κ3) is 7.42. The summed E-state index contributed by atoms with van der Waals surface area (Å²) < 4.78 is 11.1. The minimum atomic E-state index is -0.965. The first-order valence-electron chi connectivity index (χ1n) is 15.4. The predicted octanol–water partition coefficient (Wildman–Crippen LogP) is 3.85. The molecule has 0 aliphatic carbocycles. The van der Waals surface area contributed by atoms with Gasteiger partial charge in [-0.25, -0.2) is 9.59 Å². The maximum atomic E-state index is 13.6. The van der Waals surface area contributed by atoms with E-state index in [4.69, 9.17) is 9.47 Å². The van der Waals surface area contributed by atoms with Gasteiger partial charge in [-0.15, -0.1) is 11.8 Å². The molecule has 0 spiro atoms. The Labute approximate surface area is 292 Å². The minimum absolute atomic E-state index is 0. The van der Waals surface area contributed by atoms with E-state index in [0.717, 1.165) is 0 Å². The van der Waals surface area contributed by atoms with Gasteiger partial charge in [-0.1, -0.05) is 14.4 Å². The number of ether oxygens (including phenoxy) is 2. The number of aliphatic hydroxyl groups is 1. The van der Waals surface area contributed by atoms with Crippen LogP contribution < -0.4 is 0 Å². The van der Waals surface area contributed by atoms with Crippen molar-refractivity contribution in [2.24, 2.45) is 11.8 Å². The van der Waals surface area contributed by atoms with Crippen LogP contribution in [-0.2, 0) is 37.1 Å². The van der Waals surface area contributed by atoms with Crippen molar-refractivity contribution in [3.63, 3.8) is 0 Å². The van der Waals surface area contributed by atoms with Crippen molar-refractivity contribution in [3.8, 4) is 0 Å². The quantitative estimate of drug-likeness (QED) is 0.153. The molecule has 2 aromatic rings. The van der Waals surface area contributed by atoms with Crippen LogP contribution in [0.25, 0.3) is 0 Å². The minimum Gasteiger partial charge on any atom is -0.456 e. The van der Waals surface area contributed by atoms with E-state index in [1.165, 1.54) is 81.9 Å². The summed E-state index contributed by atoms with van der Waals surface area (Å²) in [6.07, 6.45) is -1.51. The zero-order valence-corrected chi connectivity index (χ0v) is 27.9. The van der Waals surface area contributed by atoms with E-state index < -0.39 is 57.2 Å². The number of thioether (sulfide) groups is 1. The van der Waals surface area contributed by atoms with Crippen LogP contribution in [0.5, 0.6) is 0 Å². The lowest BCUT2D eigenvalue weighted by Gasteiger charge is -2.46. The first-order chi connectivity index (χ1) is 23.2. The molecular weight excluding hydrogens is 674 g/mol. The number of rotatable bonds is 11. The van der Waals surface area contributed by atoms with E-state index in [1.807, 2.05) is 6.92 Å². The van der Waals surface area contributed by atoms with Gasteiger partial charge < -0.3 is 24.4 Å². The van der Waals surface area contributed by atoms with Crippen LogP contribution in [0, 0.1) is 32.1 Å². The van der Waals surface area contributed by atoms with Crippen molar-refractivity contribution >= 4 is 47.0 Å². The van der Waals surface area contributed by atoms with E-state index >= 15 is 0 Å². The highest BCUT2D eigenvalue weighted by Gasteiger charge is 2.60. The second-order valence-corrected chi connectivity index (χ2v) is 13.7. The van der Waals surface area contributed by atoms with Gasteiger partial charge in [-0.2, -0.15) is 0 Å². The van der Waals surface area contributed by atoms with E-state index in [9.17, 15) is 44.5 Å². The molecule has 17 heteroatoms. The number of hydrogen-bond acceptors (Lipinski definition) is 12. The Morgan fingerprint density at radius 3 is 1.98 bits per heavy atom. The van der Waals surface area contributed by atoms with Gasteiger partial charge in [0.25, 0.3) is 11.4 Å². The van der Waals surface area contributed by atoms with Crippen LogP contribution >= 0.6 is 11.8 Å². The highest BCUT2D eigenvalue weighted by atomic mass is 32.2. The van der Waals surface area contributed by atoms with Crippen LogP contribution in [0.1, 0.15) is 38.8 Å². The molecule has 0 radical (unpaired) electrons. The second kappa shape index (κ2) is 15.2. The number of amides is 3. The summed E-state index contributed by atoms with van der Waals surface area (Å²) in [6, 6.07) is 9.66. The second-order valence-electron chi connectivity index (χ2n) is 12.3. The normalized spacial score (nSPS) is 23.0. The van der Waals surface area contributed by atoms with Crippen LogP contribution in [0.4, 0.5) is 16.2 Å². The summed E-state index contributed by atoms with van der Waals surface area (Å²) >= 11 is 1.27. The first kappa shape index (κ1) is 37.8. The van der Waals surface area contributed by atoms with Gasteiger partial charge in [0.05, 0.1) is 27.9 Å². The van der Waals surface area contributed by atoms with Crippen LogP contribution in [0.15, 0.2) is 59.1 Å². The van der Waals surface area contributed by atoms with Gasteiger partial charge in [0.1, 0.15) is 25.0 Å². The van der Waals surface area contributed by atoms with E-state index in [-0.39, 0.29) is 62.5 Å². The van der Waals surface area contributed by atoms with Gasteiger partial charge in [0.15, 0.2) is 0 Å². The number of aliphatic hydroxyl groups excluding tert-OH is 1. The smallest absolute Gasteiger partial charge is 0.410 e. The van der Waals surface area contributed by atoms with Crippen molar-refractivity contribution in [1.82, 2.24) is 14.7 Å². The van der Waals surface area contributed by atoms with Crippen LogP contribution in [-0.4, -0.2) is 97.6 Å². The zero-order valence-electron chi connectivity index (χ0n) is 27.1. The Bertz CT molecular complexity index is 1700. The zero-order chi connectivity index (χ0) is 35.7. The van der Waals surface area contributed by atoms with Crippen molar-refractivity contribution in [2.75, 3.05) is 20.6 Å². The largest absolute Gasteiger partial charge is 0.456 e. The Hall–Kier alpha value is -5.03. The Morgan fingerprint density at radius 1 is 0.980 bits per heavy atom. The number of nitrogens with zero attached hydrogens (tertiary/aromatic N) is 5. The van der Waals surface area contributed by atoms with Crippen LogP contribution in [0.3, 0.4) is 0 Å². The van der Waals surface area contributed by atoms with Crippen molar-refractivity contribution < 1.29 is 43.6 Å². The highest BCUT2D eigenvalue weighted by Crippen LogP contribution is 2.52. The van der Waals surface area contributed by atoms with Crippen molar-refractivity contribution in [3.05, 3.63) is 90.5 Å². The number of non-ortho nitro benzene ring substituents is 2. The van der Waals surface area contributed by atoms with E-state index in [2.05, 4.69) is 0 Å². The monoisotopic (exact) mass is 713 g/mol. The Kier molecular flexibility index (Phi) is 11.5. The molecule has 16 nitrogen and oxygen atoms in total. The van der Waals surface area contributed by atoms with Crippen LogP contribution in [0.2, 0.25) is 0 Å². The maximum absolute atomic E-state index is 13.6. The third-order valence-electron chi connectivity index (χ3n) is 8.85. The topological polar surface area (TPSA) is 203 Å². The summed E-state index contributed by atoms with van der Waals surface area (Å²) in [5.74, 6) is -2.66. The number of hydrogen-bond donors (Lipinski definition) is 1. The van der Waals surface area contributed by atoms with Gasteiger partial charge in [0.2, 0.25) is 11.8 Å². The first-order valence-corrected chi connectivity index (χ1v) is 16.3. The number of likely N-dealkylation sites (N-methyl/N-ethyl adjacent to an activating group) is 1. The maximum Gasteiger partial charge on any atom is 0.410 e. The number of nitro benzene ring substituents is 2.